The van der Waals surface area contributed by atoms with E-state index < -0.39 is 6.04 Å². The number of hydrogen-bond acceptors (Lipinski definition) is 2. The van der Waals surface area contributed by atoms with Crippen molar-refractivity contribution in [3.05, 3.63) is 59.7 Å². The van der Waals surface area contributed by atoms with Crippen molar-refractivity contribution >= 4 is 23.2 Å². The molecule has 1 atom stereocenters. The second kappa shape index (κ2) is 7.09. The van der Waals surface area contributed by atoms with Gasteiger partial charge in [-0.2, -0.15) is 0 Å². The van der Waals surface area contributed by atoms with Gasteiger partial charge in [0, 0.05) is 17.8 Å². The van der Waals surface area contributed by atoms with Crippen molar-refractivity contribution in [1.82, 2.24) is 0 Å². The average Bonchev–Trinajstić information content (AvgIpc) is 2.98. The van der Waals surface area contributed by atoms with Gasteiger partial charge in [-0.25, -0.2) is 0 Å². The molecule has 0 spiro atoms. The van der Waals surface area contributed by atoms with Gasteiger partial charge in [0.2, 0.25) is 11.8 Å². The Morgan fingerprint density at radius 3 is 2.32 bits per heavy atom. The van der Waals surface area contributed by atoms with Crippen LogP contribution in [0.5, 0.6) is 0 Å². The highest BCUT2D eigenvalue weighted by molar-refractivity contribution is 6.07. The van der Waals surface area contributed by atoms with Crippen LogP contribution >= 0.6 is 0 Å². The maximum Gasteiger partial charge on any atom is 0.247 e. The van der Waals surface area contributed by atoms with Crippen LogP contribution in [0.3, 0.4) is 0 Å². The standard InChI is InChI=1S/C21H24N2O2/c1-14(2)16-6-8-17(9-7-16)22-21(25)19-12-13-20(24)23(19)18-10-4-15(3)5-11-18/h4-11,14,19H,12-13H2,1-3H3,(H,22,25). The summed E-state index contributed by atoms with van der Waals surface area (Å²) >= 11 is 0. The van der Waals surface area contributed by atoms with Crippen LogP contribution in [-0.4, -0.2) is 17.9 Å². The molecule has 3 rings (SSSR count). The van der Waals surface area contributed by atoms with E-state index in [2.05, 4.69) is 19.2 Å². The summed E-state index contributed by atoms with van der Waals surface area (Å²) in [6, 6.07) is 15.1. The van der Waals surface area contributed by atoms with Crippen molar-refractivity contribution in [2.75, 3.05) is 10.2 Å². The molecular weight excluding hydrogens is 312 g/mol. The van der Waals surface area contributed by atoms with E-state index in [1.165, 1.54) is 5.56 Å². The Balaban J connectivity index is 1.76. The van der Waals surface area contributed by atoms with Gasteiger partial charge < -0.3 is 5.32 Å². The highest BCUT2D eigenvalue weighted by Crippen LogP contribution is 2.28. The SMILES string of the molecule is Cc1ccc(N2C(=O)CCC2C(=O)Nc2ccc(C(C)C)cc2)cc1. The fourth-order valence-electron chi connectivity index (χ4n) is 3.14. The maximum atomic E-state index is 12.7. The molecule has 1 aliphatic rings. The van der Waals surface area contributed by atoms with Crippen molar-refractivity contribution in [3.63, 3.8) is 0 Å². The number of carbonyl (C=O) groups is 2. The van der Waals surface area contributed by atoms with Crippen molar-refractivity contribution in [2.45, 2.75) is 45.6 Å². The van der Waals surface area contributed by atoms with E-state index in [1.54, 1.807) is 4.90 Å². The van der Waals surface area contributed by atoms with Crippen molar-refractivity contribution in [2.24, 2.45) is 0 Å². The number of benzene rings is 2. The molecule has 0 aliphatic carbocycles. The van der Waals surface area contributed by atoms with E-state index in [1.807, 2.05) is 55.5 Å². The third-order valence-corrected chi connectivity index (χ3v) is 4.67. The minimum Gasteiger partial charge on any atom is -0.324 e. The zero-order chi connectivity index (χ0) is 18.0. The average molecular weight is 336 g/mol. The van der Waals surface area contributed by atoms with Gasteiger partial charge in [-0.15, -0.1) is 0 Å². The third kappa shape index (κ3) is 3.73. The number of aryl methyl sites for hydroxylation is 1. The monoisotopic (exact) mass is 336 g/mol. The summed E-state index contributed by atoms with van der Waals surface area (Å²) in [5.41, 5.74) is 3.90. The molecule has 1 fully saturated rings. The normalized spacial score (nSPS) is 17.2. The molecule has 2 aromatic carbocycles. The summed E-state index contributed by atoms with van der Waals surface area (Å²) in [5.74, 6) is 0.317. The molecule has 0 saturated carbocycles. The highest BCUT2D eigenvalue weighted by atomic mass is 16.2. The molecule has 2 amide bonds. The van der Waals surface area contributed by atoms with Gasteiger partial charge in [0.05, 0.1) is 0 Å². The Kier molecular flexibility index (Phi) is 4.88. The van der Waals surface area contributed by atoms with Gasteiger partial charge >= 0.3 is 0 Å². The van der Waals surface area contributed by atoms with Crippen LogP contribution < -0.4 is 10.2 Å². The molecule has 130 valence electrons. The van der Waals surface area contributed by atoms with E-state index in [4.69, 9.17) is 0 Å². The Bertz CT molecular complexity index is 763. The molecular formula is C21H24N2O2. The van der Waals surface area contributed by atoms with Crippen LogP contribution in [0.1, 0.15) is 43.7 Å². The Labute approximate surface area is 148 Å². The molecule has 4 heteroatoms. The molecule has 0 radical (unpaired) electrons. The zero-order valence-corrected chi connectivity index (χ0v) is 15.0. The van der Waals surface area contributed by atoms with Crippen molar-refractivity contribution in [3.8, 4) is 0 Å². The predicted octanol–water partition coefficient (Wildman–Crippen LogP) is 4.25. The Morgan fingerprint density at radius 2 is 1.72 bits per heavy atom. The number of nitrogens with one attached hydrogen (secondary N) is 1. The minimum atomic E-state index is -0.458. The topological polar surface area (TPSA) is 49.4 Å². The summed E-state index contributed by atoms with van der Waals surface area (Å²) in [6.07, 6.45) is 0.945. The van der Waals surface area contributed by atoms with Crippen molar-refractivity contribution < 1.29 is 9.59 Å². The Hall–Kier alpha value is -2.62. The van der Waals surface area contributed by atoms with Gasteiger partial charge in [-0.1, -0.05) is 43.7 Å². The number of carbonyl (C=O) groups excluding carboxylic acids is 2. The van der Waals surface area contributed by atoms with E-state index in [-0.39, 0.29) is 11.8 Å². The summed E-state index contributed by atoms with van der Waals surface area (Å²) in [5, 5.41) is 2.95. The van der Waals surface area contributed by atoms with E-state index in [0.29, 0.717) is 18.8 Å². The molecule has 1 unspecified atom stereocenters. The summed E-state index contributed by atoms with van der Waals surface area (Å²) < 4.78 is 0. The maximum absolute atomic E-state index is 12.7. The van der Waals surface area contributed by atoms with Gasteiger partial charge in [0.15, 0.2) is 0 Å². The predicted molar refractivity (Wildman–Crippen MR) is 101 cm³/mol. The van der Waals surface area contributed by atoms with Gasteiger partial charge in [-0.3, -0.25) is 14.5 Å². The molecule has 0 aromatic heterocycles. The van der Waals surface area contributed by atoms with E-state index >= 15 is 0 Å². The first-order chi connectivity index (χ1) is 12.0. The molecule has 25 heavy (non-hydrogen) atoms. The quantitative estimate of drug-likeness (QED) is 0.907. The second-order valence-electron chi connectivity index (χ2n) is 6.92. The van der Waals surface area contributed by atoms with Crippen molar-refractivity contribution in [1.29, 1.82) is 0 Å². The first kappa shape index (κ1) is 17.2. The Morgan fingerprint density at radius 1 is 1.08 bits per heavy atom. The third-order valence-electron chi connectivity index (χ3n) is 4.67. The molecule has 1 N–H and O–H groups in total. The van der Waals surface area contributed by atoms with E-state index in [0.717, 1.165) is 16.9 Å². The summed E-state index contributed by atoms with van der Waals surface area (Å²) in [4.78, 5) is 26.6. The highest BCUT2D eigenvalue weighted by Gasteiger charge is 2.37. The first-order valence-electron chi connectivity index (χ1n) is 8.75. The lowest BCUT2D eigenvalue weighted by Gasteiger charge is -2.24. The van der Waals surface area contributed by atoms with Gasteiger partial charge in [0.25, 0.3) is 0 Å². The lowest BCUT2D eigenvalue weighted by atomic mass is 10.0. The van der Waals surface area contributed by atoms with Gasteiger partial charge in [-0.05, 0) is 49.1 Å². The van der Waals surface area contributed by atoms with Gasteiger partial charge in [0.1, 0.15) is 6.04 Å². The van der Waals surface area contributed by atoms with Crippen LogP contribution in [0.2, 0.25) is 0 Å². The number of rotatable bonds is 4. The largest absolute Gasteiger partial charge is 0.324 e. The minimum absolute atomic E-state index is 0.000779. The first-order valence-corrected chi connectivity index (χ1v) is 8.75. The molecule has 1 aliphatic heterocycles. The molecule has 4 nitrogen and oxygen atoms in total. The van der Waals surface area contributed by atoms with Crippen LogP contribution in [0, 0.1) is 6.92 Å². The number of anilines is 2. The van der Waals surface area contributed by atoms with Crippen LogP contribution in [0.4, 0.5) is 11.4 Å². The zero-order valence-electron chi connectivity index (χ0n) is 15.0. The lowest BCUT2D eigenvalue weighted by Crippen LogP contribution is -2.41. The van der Waals surface area contributed by atoms with Crippen LogP contribution in [0.25, 0.3) is 0 Å². The fourth-order valence-corrected chi connectivity index (χ4v) is 3.14. The lowest BCUT2D eigenvalue weighted by molar-refractivity contribution is -0.120. The second-order valence-corrected chi connectivity index (χ2v) is 6.92. The number of hydrogen-bond donors (Lipinski definition) is 1. The number of amides is 2. The molecule has 0 bridgehead atoms. The summed E-state index contributed by atoms with van der Waals surface area (Å²) in [6.45, 7) is 6.27. The van der Waals surface area contributed by atoms with Crippen LogP contribution in [0.15, 0.2) is 48.5 Å². The van der Waals surface area contributed by atoms with Crippen LogP contribution in [-0.2, 0) is 9.59 Å². The van der Waals surface area contributed by atoms with E-state index in [9.17, 15) is 9.59 Å². The fraction of sp³-hybridized carbons (Fsp3) is 0.333. The molecule has 2 aromatic rings. The number of nitrogens with zero attached hydrogens (tertiary/aromatic N) is 1. The summed E-state index contributed by atoms with van der Waals surface area (Å²) in [7, 11) is 0. The molecule has 1 heterocycles. The molecule has 1 saturated heterocycles. The smallest absolute Gasteiger partial charge is 0.247 e.